The lowest BCUT2D eigenvalue weighted by molar-refractivity contribution is 0.219. The van der Waals surface area contributed by atoms with Crippen LogP contribution < -0.4 is 0 Å². The van der Waals surface area contributed by atoms with Crippen molar-refractivity contribution in [3.8, 4) is 0 Å². The Morgan fingerprint density at radius 1 is 1.62 bits per heavy atom. The standard InChI is InChI=1S/C9H10N2OS/c1-6-9(13-5-11-6)8(12)7-3-2-4-10-7/h2-5,8,10,12H,1H3. The number of hydrogen-bond acceptors (Lipinski definition) is 3. The molecule has 0 bridgehead atoms. The molecule has 2 heterocycles. The molecule has 0 aliphatic heterocycles. The molecule has 0 radical (unpaired) electrons. The predicted molar refractivity (Wildman–Crippen MR) is 51.7 cm³/mol. The van der Waals surface area contributed by atoms with Crippen LogP contribution in [0.1, 0.15) is 22.4 Å². The quantitative estimate of drug-likeness (QED) is 0.766. The SMILES string of the molecule is Cc1ncsc1C(O)c1ccc[nH]1. The third kappa shape index (κ3) is 1.50. The van der Waals surface area contributed by atoms with Crippen LogP contribution >= 0.6 is 11.3 Å². The van der Waals surface area contributed by atoms with E-state index in [2.05, 4.69) is 9.97 Å². The van der Waals surface area contributed by atoms with Gasteiger partial charge in [0.15, 0.2) is 0 Å². The van der Waals surface area contributed by atoms with Gasteiger partial charge in [-0.1, -0.05) is 0 Å². The number of aliphatic hydroxyl groups excluding tert-OH is 1. The lowest BCUT2D eigenvalue weighted by Crippen LogP contribution is -1.99. The van der Waals surface area contributed by atoms with Crippen LogP contribution in [0.5, 0.6) is 0 Å². The average molecular weight is 194 g/mol. The van der Waals surface area contributed by atoms with Crippen molar-refractivity contribution in [3.63, 3.8) is 0 Å². The monoisotopic (exact) mass is 194 g/mol. The molecule has 0 saturated heterocycles. The molecular weight excluding hydrogens is 184 g/mol. The summed E-state index contributed by atoms with van der Waals surface area (Å²) < 4.78 is 0. The zero-order chi connectivity index (χ0) is 9.26. The first-order valence-electron chi connectivity index (χ1n) is 4.00. The van der Waals surface area contributed by atoms with Crippen LogP contribution in [-0.4, -0.2) is 15.1 Å². The minimum atomic E-state index is -0.567. The third-order valence-corrected chi connectivity index (χ3v) is 2.93. The summed E-state index contributed by atoms with van der Waals surface area (Å²) in [5.41, 5.74) is 3.45. The Balaban J connectivity index is 2.33. The lowest BCUT2D eigenvalue weighted by Gasteiger charge is -2.06. The number of nitrogens with zero attached hydrogens (tertiary/aromatic N) is 1. The lowest BCUT2D eigenvalue weighted by atomic mass is 10.2. The van der Waals surface area contributed by atoms with E-state index < -0.39 is 6.10 Å². The van der Waals surface area contributed by atoms with Gasteiger partial charge in [0.05, 0.1) is 16.1 Å². The smallest absolute Gasteiger partial charge is 0.130 e. The van der Waals surface area contributed by atoms with Crippen LogP contribution in [0, 0.1) is 6.92 Å². The summed E-state index contributed by atoms with van der Waals surface area (Å²) in [5.74, 6) is 0. The number of aromatic nitrogens is 2. The van der Waals surface area contributed by atoms with Gasteiger partial charge in [0.1, 0.15) is 6.10 Å². The van der Waals surface area contributed by atoms with Crippen LogP contribution in [0.4, 0.5) is 0 Å². The first-order valence-corrected chi connectivity index (χ1v) is 4.88. The maximum atomic E-state index is 9.89. The first kappa shape index (κ1) is 8.47. The molecule has 68 valence electrons. The minimum Gasteiger partial charge on any atom is -0.381 e. The van der Waals surface area contributed by atoms with Crippen molar-refractivity contribution in [3.05, 3.63) is 40.1 Å². The van der Waals surface area contributed by atoms with Gasteiger partial charge in [-0.3, -0.25) is 0 Å². The van der Waals surface area contributed by atoms with Crippen molar-refractivity contribution in [2.24, 2.45) is 0 Å². The molecule has 2 aromatic heterocycles. The molecule has 1 atom stereocenters. The largest absolute Gasteiger partial charge is 0.381 e. The molecule has 0 fully saturated rings. The molecule has 0 amide bonds. The number of aromatic amines is 1. The number of nitrogens with one attached hydrogen (secondary N) is 1. The summed E-state index contributed by atoms with van der Waals surface area (Å²) in [7, 11) is 0. The predicted octanol–water partition coefficient (Wildman–Crippen LogP) is 1.86. The summed E-state index contributed by atoms with van der Waals surface area (Å²) in [6.07, 6.45) is 1.23. The van der Waals surface area contributed by atoms with E-state index in [9.17, 15) is 5.11 Å². The van der Waals surface area contributed by atoms with Crippen LogP contribution in [0.25, 0.3) is 0 Å². The van der Waals surface area contributed by atoms with Gasteiger partial charge in [0.25, 0.3) is 0 Å². The number of hydrogen-bond donors (Lipinski definition) is 2. The molecule has 0 aromatic carbocycles. The summed E-state index contributed by atoms with van der Waals surface area (Å²) in [6, 6.07) is 3.73. The van der Waals surface area contributed by atoms with E-state index in [1.54, 1.807) is 11.7 Å². The summed E-state index contributed by atoms with van der Waals surface area (Å²) >= 11 is 1.47. The van der Waals surface area contributed by atoms with Crippen molar-refractivity contribution in [1.82, 2.24) is 9.97 Å². The average Bonchev–Trinajstić information content (AvgIpc) is 2.72. The van der Waals surface area contributed by atoms with Crippen molar-refractivity contribution in [2.75, 3.05) is 0 Å². The van der Waals surface area contributed by atoms with E-state index in [0.717, 1.165) is 16.3 Å². The molecule has 0 aliphatic rings. The first-order chi connectivity index (χ1) is 6.29. The summed E-state index contributed by atoms with van der Waals surface area (Å²) in [5, 5.41) is 9.89. The molecule has 3 nitrogen and oxygen atoms in total. The number of H-pyrrole nitrogens is 1. The van der Waals surface area contributed by atoms with Crippen LogP contribution in [0.2, 0.25) is 0 Å². The van der Waals surface area contributed by atoms with Gasteiger partial charge >= 0.3 is 0 Å². The zero-order valence-electron chi connectivity index (χ0n) is 7.19. The normalized spacial score (nSPS) is 13.1. The molecule has 1 unspecified atom stereocenters. The van der Waals surface area contributed by atoms with Crippen LogP contribution in [-0.2, 0) is 0 Å². The van der Waals surface area contributed by atoms with Crippen molar-refractivity contribution in [1.29, 1.82) is 0 Å². The fraction of sp³-hybridized carbons (Fsp3) is 0.222. The van der Waals surface area contributed by atoms with E-state index in [4.69, 9.17) is 0 Å². The number of aryl methyl sites for hydroxylation is 1. The second-order valence-corrected chi connectivity index (χ2v) is 3.72. The Kier molecular flexibility index (Phi) is 2.16. The number of rotatable bonds is 2. The Morgan fingerprint density at radius 3 is 3.00 bits per heavy atom. The Morgan fingerprint density at radius 2 is 2.46 bits per heavy atom. The highest BCUT2D eigenvalue weighted by Gasteiger charge is 2.15. The van der Waals surface area contributed by atoms with E-state index in [1.165, 1.54) is 11.3 Å². The van der Waals surface area contributed by atoms with E-state index in [1.807, 2.05) is 19.1 Å². The third-order valence-electron chi connectivity index (χ3n) is 1.95. The Bertz CT molecular complexity index is 380. The Hall–Kier alpha value is -1.13. The van der Waals surface area contributed by atoms with Gasteiger partial charge in [-0.05, 0) is 19.1 Å². The maximum absolute atomic E-state index is 9.89. The van der Waals surface area contributed by atoms with Crippen LogP contribution in [0.15, 0.2) is 23.8 Å². The van der Waals surface area contributed by atoms with Crippen molar-refractivity contribution < 1.29 is 5.11 Å². The van der Waals surface area contributed by atoms with Gasteiger partial charge in [0, 0.05) is 11.9 Å². The molecule has 0 spiro atoms. The fourth-order valence-corrected chi connectivity index (χ4v) is 2.03. The van der Waals surface area contributed by atoms with Gasteiger partial charge in [0.2, 0.25) is 0 Å². The van der Waals surface area contributed by atoms with Crippen LogP contribution in [0.3, 0.4) is 0 Å². The molecule has 2 N–H and O–H groups in total. The molecule has 0 saturated carbocycles. The second kappa shape index (κ2) is 3.32. The molecule has 2 aromatic rings. The highest BCUT2D eigenvalue weighted by molar-refractivity contribution is 7.09. The van der Waals surface area contributed by atoms with Crippen molar-refractivity contribution in [2.45, 2.75) is 13.0 Å². The molecule has 4 heteroatoms. The molecule has 13 heavy (non-hydrogen) atoms. The van der Waals surface area contributed by atoms with E-state index in [-0.39, 0.29) is 0 Å². The topological polar surface area (TPSA) is 48.9 Å². The number of aliphatic hydroxyl groups is 1. The van der Waals surface area contributed by atoms with E-state index >= 15 is 0 Å². The maximum Gasteiger partial charge on any atom is 0.130 e. The van der Waals surface area contributed by atoms with E-state index in [0.29, 0.717) is 0 Å². The van der Waals surface area contributed by atoms with Gasteiger partial charge in [-0.2, -0.15) is 0 Å². The minimum absolute atomic E-state index is 0.567. The number of thiazole rings is 1. The summed E-state index contributed by atoms with van der Waals surface area (Å²) in [6.45, 7) is 1.90. The highest BCUT2D eigenvalue weighted by atomic mass is 32.1. The van der Waals surface area contributed by atoms with Crippen molar-refractivity contribution >= 4 is 11.3 Å². The van der Waals surface area contributed by atoms with Gasteiger partial charge < -0.3 is 10.1 Å². The molecule has 0 aliphatic carbocycles. The molecular formula is C9H10N2OS. The second-order valence-electron chi connectivity index (χ2n) is 2.83. The highest BCUT2D eigenvalue weighted by Crippen LogP contribution is 2.26. The zero-order valence-corrected chi connectivity index (χ0v) is 8.01. The summed E-state index contributed by atoms with van der Waals surface area (Å²) in [4.78, 5) is 7.98. The van der Waals surface area contributed by atoms with Gasteiger partial charge in [-0.15, -0.1) is 11.3 Å². The fourth-order valence-electron chi connectivity index (χ4n) is 1.23. The molecule has 2 rings (SSSR count). The Labute approximate surface area is 80.1 Å². The van der Waals surface area contributed by atoms with Gasteiger partial charge in [-0.25, -0.2) is 4.98 Å².